The second-order valence-electron chi connectivity index (χ2n) is 5.58. The van der Waals surface area contributed by atoms with Crippen molar-refractivity contribution < 1.29 is 0 Å². The molecule has 0 spiro atoms. The molecule has 1 N–H and O–H groups in total. The minimum atomic E-state index is 0.568. The van der Waals surface area contributed by atoms with E-state index in [1.807, 2.05) is 0 Å². The fourth-order valence-electron chi connectivity index (χ4n) is 3.12. The molecule has 0 aliphatic heterocycles. The highest BCUT2D eigenvalue weighted by Crippen LogP contribution is 2.36. The quantitative estimate of drug-likeness (QED) is 0.718. The van der Waals surface area contributed by atoms with E-state index in [0.717, 1.165) is 6.54 Å². The Labute approximate surface area is 102 Å². The second kappa shape index (κ2) is 7.29. The maximum Gasteiger partial charge on any atom is 0.00471 e. The maximum atomic E-state index is 3.58. The molecular weight excluding hydrogens is 196 g/mol. The van der Waals surface area contributed by atoms with Crippen molar-refractivity contribution in [2.45, 2.75) is 52.4 Å². The summed E-state index contributed by atoms with van der Waals surface area (Å²) in [5.74, 6) is 0. The second-order valence-corrected chi connectivity index (χ2v) is 5.58. The van der Waals surface area contributed by atoms with E-state index in [4.69, 9.17) is 0 Å². The smallest absolute Gasteiger partial charge is 0.00471 e. The molecule has 1 rings (SSSR count). The molecule has 0 heterocycles. The number of nitrogens with zero attached hydrogens (tertiary/aromatic N) is 1. The highest BCUT2D eigenvalue weighted by molar-refractivity contribution is 4.87. The van der Waals surface area contributed by atoms with Crippen molar-refractivity contribution in [2.24, 2.45) is 5.41 Å². The standard InChI is InChI=1S/C14H30N2/c1-4-11-16(3)13-14(12-15-5-2)9-7-6-8-10-14/h15H,4-13H2,1-3H3. The molecule has 1 aliphatic rings. The van der Waals surface area contributed by atoms with Crippen molar-refractivity contribution >= 4 is 0 Å². The molecule has 0 atom stereocenters. The highest BCUT2D eigenvalue weighted by atomic mass is 15.1. The summed E-state index contributed by atoms with van der Waals surface area (Å²) >= 11 is 0. The van der Waals surface area contributed by atoms with E-state index >= 15 is 0 Å². The molecule has 2 heteroatoms. The molecule has 0 radical (unpaired) electrons. The lowest BCUT2D eigenvalue weighted by Crippen LogP contribution is -2.44. The van der Waals surface area contributed by atoms with Crippen LogP contribution in [-0.4, -0.2) is 38.1 Å². The Hall–Kier alpha value is -0.0800. The normalized spacial score (nSPS) is 20.2. The van der Waals surface area contributed by atoms with Crippen molar-refractivity contribution in [3.05, 3.63) is 0 Å². The molecule has 0 bridgehead atoms. The number of rotatable bonds is 7. The molecule has 0 aromatic carbocycles. The first kappa shape index (κ1) is 14.0. The zero-order chi connectivity index (χ0) is 11.9. The van der Waals surface area contributed by atoms with Crippen LogP contribution in [0.2, 0.25) is 0 Å². The first-order chi connectivity index (χ1) is 7.72. The largest absolute Gasteiger partial charge is 0.316 e. The van der Waals surface area contributed by atoms with Gasteiger partial charge >= 0.3 is 0 Å². The van der Waals surface area contributed by atoms with Crippen LogP contribution in [0.3, 0.4) is 0 Å². The topological polar surface area (TPSA) is 15.3 Å². The average molecular weight is 226 g/mol. The van der Waals surface area contributed by atoms with E-state index in [0.29, 0.717) is 5.41 Å². The van der Waals surface area contributed by atoms with Gasteiger partial charge in [0.15, 0.2) is 0 Å². The lowest BCUT2D eigenvalue weighted by Gasteiger charge is -2.40. The molecule has 1 fully saturated rings. The van der Waals surface area contributed by atoms with Crippen molar-refractivity contribution in [3.63, 3.8) is 0 Å². The molecule has 0 amide bonds. The predicted molar refractivity (Wildman–Crippen MR) is 71.8 cm³/mol. The maximum absolute atomic E-state index is 3.58. The van der Waals surface area contributed by atoms with Crippen LogP contribution in [0.1, 0.15) is 52.4 Å². The molecule has 2 nitrogen and oxygen atoms in total. The molecule has 0 aromatic heterocycles. The summed E-state index contributed by atoms with van der Waals surface area (Å²) in [4.78, 5) is 2.53. The van der Waals surface area contributed by atoms with Crippen LogP contribution in [-0.2, 0) is 0 Å². The summed E-state index contributed by atoms with van der Waals surface area (Å²) in [6, 6.07) is 0. The Balaban J connectivity index is 2.47. The zero-order valence-corrected chi connectivity index (χ0v) is 11.5. The van der Waals surface area contributed by atoms with E-state index in [-0.39, 0.29) is 0 Å². The van der Waals surface area contributed by atoms with Gasteiger partial charge in [-0.15, -0.1) is 0 Å². The summed E-state index contributed by atoms with van der Waals surface area (Å²) in [7, 11) is 2.28. The first-order valence-corrected chi connectivity index (χ1v) is 7.12. The van der Waals surface area contributed by atoms with E-state index in [1.54, 1.807) is 0 Å². The van der Waals surface area contributed by atoms with Gasteiger partial charge in [0.1, 0.15) is 0 Å². The highest BCUT2D eigenvalue weighted by Gasteiger charge is 2.32. The Kier molecular flexibility index (Phi) is 6.37. The van der Waals surface area contributed by atoms with Crippen LogP contribution < -0.4 is 5.32 Å². The summed E-state index contributed by atoms with van der Waals surface area (Å²) in [5, 5.41) is 3.58. The van der Waals surface area contributed by atoms with Gasteiger partial charge in [0.2, 0.25) is 0 Å². The molecule has 16 heavy (non-hydrogen) atoms. The van der Waals surface area contributed by atoms with Gasteiger partial charge < -0.3 is 10.2 Å². The minimum Gasteiger partial charge on any atom is -0.316 e. The third kappa shape index (κ3) is 4.42. The molecule has 0 unspecified atom stereocenters. The van der Waals surface area contributed by atoms with Crippen molar-refractivity contribution in [2.75, 3.05) is 33.2 Å². The van der Waals surface area contributed by atoms with Crippen LogP contribution in [0.4, 0.5) is 0 Å². The number of hydrogen-bond donors (Lipinski definition) is 1. The molecule has 96 valence electrons. The lowest BCUT2D eigenvalue weighted by atomic mass is 9.73. The summed E-state index contributed by atoms with van der Waals surface area (Å²) < 4.78 is 0. The first-order valence-electron chi connectivity index (χ1n) is 7.12. The Morgan fingerprint density at radius 1 is 1.12 bits per heavy atom. The van der Waals surface area contributed by atoms with Crippen LogP contribution >= 0.6 is 0 Å². The summed E-state index contributed by atoms with van der Waals surface area (Å²) in [5.41, 5.74) is 0.568. The molecule has 0 saturated heterocycles. The third-order valence-corrected chi connectivity index (χ3v) is 3.87. The third-order valence-electron chi connectivity index (χ3n) is 3.87. The molecule has 1 saturated carbocycles. The molecule has 0 aromatic rings. The van der Waals surface area contributed by atoms with Crippen LogP contribution in [0.25, 0.3) is 0 Å². The van der Waals surface area contributed by atoms with E-state index in [1.165, 1.54) is 58.2 Å². The summed E-state index contributed by atoms with van der Waals surface area (Å²) in [6.45, 7) is 9.35. The monoisotopic (exact) mass is 226 g/mol. The summed E-state index contributed by atoms with van der Waals surface area (Å²) in [6.07, 6.45) is 8.44. The predicted octanol–water partition coefficient (Wildman–Crippen LogP) is 2.89. The van der Waals surface area contributed by atoms with Crippen LogP contribution in [0.15, 0.2) is 0 Å². The average Bonchev–Trinajstić information content (AvgIpc) is 2.28. The Morgan fingerprint density at radius 3 is 2.38 bits per heavy atom. The number of hydrogen-bond acceptors (Lipinski definition) is 2. The van der Waals surface area contributed by atoms with Gasteiger partial charge in [0, 0.05) is 13.1 Å². The Morgan fingerprint density at radius 2 is 1.81 bits per heavy atom. The van der Waals surface area contributed by atoms with Crippen molar-refractivity contribution in [1.82, 2.24) is 10.2 Å². The van der Waals surface area contributed by atoms with Gasteiger partial charge in [-0.1, -0.05) is 33.1 Å². The van der Waals surface area contributed by atoms with E-state index in [9.17, 15) is 0 Å². The van der Waals surface area contributed by atoms with Gasteiger partial charge in [0.25, 0.3) is 0 Å². The molecular formula is C14H30N2. The molecule has 1 aliphatic carbocycles. The van der Waals surface area contributed by atoms with Crippen molar-refractivity contribution in [1.29, 1.82) is 0 Å². The fourth-order valence-corrected chi connectivity index (χ4v) is 3.12. The minimum absolute atomic E-state index is 0.568. The van der Waals surface area contributed by atoms with E-state index in [2.05, 4.69) is 31.1 Å². The van der Waals surface area contributed by atoms with Gasteiger partial charge in [0.05, 0.1) is 0 Å². The van der Waals surface area contributed by atoms with Gasteiger partial charge in [-0.05, 0) is 44.8 Å². The van der Waals surface area contributed by atoms with Gasteiger partial charge in [-0.2, -0.15) is 0 Å². The number of nitrogens with one attached hydrogen (secondary N) is 1. The van der Waals surface area contributed by atoms with Crippen LogP contribution in [0.5, 0.6) is 0 Å². The lowest BCUT2D eigenvalue weighted by molar-refractivity contribution is 0.118. The Bertz CT molecular complexity index is 174. The SMILES string of the molecule is CCCN(C)CC1(CNCC)CCCCC1. The van der Waals surface area contributed by atoms with Gasteiger partial charge in [-0.3, -0.25) is 0 Å². The van der Waals surface area contributed by atoms with Crippen LogP contribution in [0, 0.1) is 5.41 Å². The van der Waals surface area contributed by atoms with Gasteiger partial charge in [-0.25, -0.2) is 0 Å². The van der Waals surface area contributed by atoms with Crippen molar-refractivity contribution in [3.8, 4) is 0 Å². The zero-order valence-electron chi connectivity index (χ0n) is 11.5. The van der Waals surface area contributed by atoms with E-state index < -0.39 is 0 Å². The fraction of sp³-hybridized carbons (Fsp3) is 1.00.